The van der Waals surface area contributed by atoms with Gasteiger partial charge >= 0.3 is 0 Å². The average molecular weight is 313 g/mol. The summed E-state index contributed by atoms with van der Waals surface area (Å²) < 4.78 is 0. The first-order valence-corrected chi connectivity index (χ1v) is 9.61. The summed E-state index contributed by atoms with van der Waals surface area (Å²) in [5, 5.41) is 3.59. The number of hydrogen-bond donors (Lipinski definition) is 1. The van der Waals surface area contributed by atoms with Crippen LogP contribution in [0.5, 0.6) is 0 Å². The molecule has 2 aliphatic carbocycles. The lowest BCUT2D eigenvalue weighted by molar-refractivity contribution is 0.0284. The first-order valence-electron chi connectivity index (χ1n) is 9.61. The number of fused-ring (bicyclic) bond motifs is 4. The number of anilines is 1. The van der Waals surface area contributed by atoms with Crippen molar-refractivity contribution >= 4 is 5.69 Å². The van der Waals surface area contributed by atoms with Gasteiger partial charge in [0.05, 0.1) is 0 Å². The SMILES string of the molecule is CC(C)Nc1ccc2c(c1)[C@]1(C)CCN(CC3CC3)[C@H](C2)[C@@H]1C. The molecule has 1 heterocycles. The summed E-state index contributed by atoms with van der Waals surface area (Å²) in [6.45, 7) is 12.1. The molecule has 1 saturated carbocycles. The second-order valence-corrected chi connectivity index (χ2v) is 8.84. The molecule has 3 aliphatic rings. The van der Waals surface area contributed by atoms with E-state index in [1.807, 2.05) is 0 Å². The van der Waals surface area contributed by atoms with Gasteiger partial charge in [-0.2, -0.15) is 0 Å². The topological polar surface area (TPSA) is 15.3 Å². The first-order chi connectivity index (χ1) is 11.0. The lowest BCUT2D eigenvalue weighted by Gasteiger charge is -2.55. The van der Waals surface area contributed by atoms with Crippen LogP contribution in [0, 0.1) is 11.8 Å². The van der Waals surface area contributed by atoms with Crippen LogP contribution < -0.4 is 5.32 Å². The molecule has 0 unspecified atom stereocenters. The van der Waals surface area contributed by atoms with E-state index < -0.39 is 0 Å². The van der Waals surface area contributed by atoms with Crippen molar-refractivity contribution in [2.24, 2.45) is 11.8 Å². The smallest absolute Gasteiger partial charge is 0.0345 e. The largest absolute Gasteiger partial charge is 0.383 e. The number of likely N-dealkylation sites (tertiary alicyclic amines) is 1. The molecule has 1 aromatic rings. The molecule has 2 fully saturated rings. The first kappa shape index (κ1) is 15.5. The third kappa shape index (κ3) is 2.69. The molecule has 126 valence electrons. The van der Waals surface area contributed by atoms with Crippen molar-refractivity contribution in [1.82, 2.24) is 4.90 Å². The number of benzene rings is 1. The number of rotatable bonds is 4. The highest BCUT2D eigenvalue weighted by Gasteiger charge is 2.48. The van der Waals surface area contributed by atoms with Crippen LogP contribution in [-0.4, -0.2) is 30.1 Å². The van der Waals surface area contributed by atoms with Crippen LogP contribution in [-0.2, 0) is 11.8 Å². The van der Waals surface area contributed by atoms with Crippen LogP contribution in [0.1, 0.15) is 58.1 Å². The third-order valence-electron chi connectivity index (χ3n) is 6.77. The van der Waals surface area contributed by atoms with Crippen LogP contribution in [0.2, 0.25) is 0 Å². The molecule has 0 radical (unpaired) electrons. The van der Waals surface area contributed by atoms with Crippen LogP contribution in [0.3, 0.4) is 0 Å². The molecule has 1 aromatic carbocycles. The van der Waals surface area contributed by atoms with Crippen LogP contribution in [0.25, 0.3) is 0 Å². The lowest BCUT2D eigenvalue weighted by atomic mass is 9.59. The van der Waals surface area contributed by atoms with Crippen molar-refractivity contribution in [1.29, 1.82) is 0 Å². The van der Waals surface area contributed by atoms with E-state index in [4.69, 9.17) is 0 Å². The second kappa shape index (κ2) is 5.51. The van der Waals surface area contributed by atoms with Gasteiger partial charge in [-0.05, 0) is 86.6 Å². The lowest BCUT2D eigenvalue weighted by Crippen LogP contribution is -2.58. The Bertz CT molecular complexity index is 590. The molecule has 2 nitrogen and oxygen atoms in total. The predicted molar refractivity (Wildman–Crippen MR) is 98.1 cm³/mol. The van der Waals surface area contributed by atoms with Gasteiger partial charge in [0, 0.05) is 24.3 Å². The molecule has 1 aliphatic heterocycles. The van der Waals surface area contributed by atoms with Gasteiger partial charge in [-0.25, -0.2) is 0 Å². The predicted octanol–water partition coefficient (Wildman–Crippen LogP) is 4.44. The van der Waals surface area contributed by atoms with Gasteiger partial charge in [0.2, 0.25) is 0 Å². The summed E-state index contributed by atoms with van der Waals surface area (Å²) in [7, 11) is 0. The monoisotopic (exact) mass is 312 g/mol. The van der Waals surface area contributed by atoms with Gasteiger partial charge in [-0.1, -0.05) is 19.9 Å². The Labute approximate surface area is 141 Å². The standard InChI is InChI=1S/C21H32N2/c1-14(2)22-18-8-7-17-11-20-15(3)21(4,19(17)12-18)9-10-23(20)13-16-5-6-16/h7-8,12,14-16,20,22H,5-6,9-11,13H2,1-4H3/t15-,20+,21+/m0/s1. The molecule has 4 rings (SSSR count). The van der Waals surface area contributed by atoms with E-state index in [-0.39, 0.29) is 0 Å². The van der Waals surface area contributed by atoms with Crippen LogP contribution in [0.15, 0.2) is 18.2 Å². The van der Waals surface area contributed by atoms with Crippen molar-refractivity contribution in [3.05, 3.63) is 29.3 Å². The summed E-state index contributed by atoms with van der Waals surface area (Å²) in [4.78, 5) is 2.83. The Morgan fingerprint density at radius 2 is 2.09 bits per heavy atom. The van der Waals surface area contributed by atoms with Gasteiger partial charge in [-0.15, -0.1) is 0 Å². The maximum absolute atomic E-state index is 3.59. The fraction of sp³-hybridized carbons (Fsp3) is 0.714. The minimum Gasteiger partial charge on any atom is -0.383 e. The highest BCUT2D eigenvalue weighted by atomic mass is 15.2. The quantitative estimate of drug-likeness (QED) is 0.884. The minimum atomic E-state index is 0.354. The number of piperidine rings is 1. The molecule has 2 bridgehead atoms. The fourth-order valence-corrected chi connectivity index (χ4v) is 4.99. The van der Waals surface area contributed by atoms with Gasteiger partial charge in [0.25, 0.3) is 0 Å². The van der Waals surface area contributed by atoms with Gasteiger partial charge in [-0.3, -0.25) is 4.90 Å². The van der Waals surface area contributed by atoms with Crippen molar-refractivity contribution < 1.29 is 0 Å². The molecule has 1 N–H and O–H groups in total. The molecule has 1 saturated heterocycles. The highest BCUT2D eigenvalue weighted by Crippen LogP contribution is 2.49. The Hall–Kier alpha value is -1.02. The Morgan fingerprint density at radius 3 is 2.78 bits per heavy atom. The van der Waals surface area contributed by atoms with E-state index in [1.54, 1.807) is 11.1 Å². The van der Waals surface area contributed by atoms with Gasteiger partial charge < -0.3 is 5.32 Å². The molecule has 0 amide bonds. The maximum Gasteiger partial charge on any atom is 0.0345 e. The molecule has 0 spiro atoms. The van der Waals surface area contributed by atoms with E-state index >= 15 is 0 Å². The zero-order valence-electron chi connectivity index (χ0n) is 15.2. The van der Waals surface area contributed by atoms with E-state index in [0.29, 0.717) is 11.5 Å². The van der Waals surface area contributed by atoms with E-state index in [0.717, 1.165) is 17.9 Å². The van der Waals surface area contributed by atoms with E-state index in [1.165, 1.54) is 44.5 Å². The van der Waals surface area contributed by atoms with Crippen LogP contribution in [0.4, 0.5) is 5.69 Å². The summed E-state index contributed by atoms with van der Waals surface area (Å²) >= 11 is 0. The van der Waals surface area contributed by atoms with Crippen LogP contribution >= 0.6 is 0 Å². The van der Waals surface area contributed by atoms with Gasteiger partial charge in [0.15, 0.2) is 0 Å². The Morgan fingerprint density at radius 1 is 1.30 bits per heavy atom. The Balaban J connectivity index is 1.65. The zero-order valence-corrected chi connectivity index (χ0v) is 15.2. The molecular weight excluding hydrogens is 280 g/mol. The number of nitrogens with zero attached hydrogens (tertiary/aromatic N) is 1. The van der Waals surface area contributed by atoms with E-state index in [9.17, 15) is 0 Å². The van der Waals surface area contributed by atoms with Crippen molar-refractivity contribution in [3.8, 4) is 0 Å². The normalized spacial score (nSPS) is 33.6. The van der Waals surface area contributed by atoms with Gasteiger partial charge in [0.1, 0.15) is 0 Å². The Kier molecular flexibility index (Phi) is 3.72. The minimum absolute atomic E-state index is 0.354. The summed E-state index contributed by atoms with van der Waals surface area (Å²) in [6.07, 6.45) is 5.50. The molecular formula is C21H32N2. The van der Waals surface area contributed by atoms with Crippen molar-refractivity contribution in [2.75, 3.05) is 18.4 Å². The average Bonchev–Trinajstić information content (AvgIpc) is 3.30. The molecule has 3 atom stereocenters. The maximum atomic E-state index is 3.59. The summed E-state index contributed by atoms with van der Waals surface area (Å²) in [5.41, 5.74) is 4.88. The van der Waals surface area contributed by atoms with Crippen molar-refractivity contribution in [3.63, 3.8) is 0 Å². The number of hydrogen-bond acceptors (Lipinski definition) is 2. The summed E-state index contributed by atoms with van der Waals surface area (Å²) in [6, 6.07) is 8.40. The fourth-order valence-electron chi connectivity index (χ4n) is 4.99. The van der Waals surface area contributed by atoms with E-state index in [2.05, 4.69) is 56.1 Å². The zero-order chi connectivity index (χ0) is 16.2. The van der Waals surface area contributed by atoms with Crippen molar-refractivity contribution in [2.45, 2.75) is 70.9 Å². The molecule has 0 aromatic heterocycles. The second-order valence-electron chi connectivity index (χ2n) is 8.84. The summed E-state index contributed by atoms with van der Waals surface area (Å²) in [5.74, 6) is 1.77. The number of nitrogens with one attached hydrogen (secondary N) is 1. The highest BCUT2D eigenvalue weighted by molar-refractivity contribution is 5.53. The molecule has 2 heteroatoms. The molecule has 23 heavy (non-hydrogen) atoms. The third-order valence-corrected chi connectivity index (χ3v) is 6.77.